The summed E-state index contributed by atoms with van der Waals surface area (Å²) >= 11 is 1.95. The Morgan fingerprint density at radius 1 is 1.20 bits per heavy atom. The summed E-state index contributed by atoms with van der Waals surface area (Å²) in [6.45, 7) is 2.81. The highest BCUT2D eigenvalue weighted by Gasteiger charge is 2.20. The van der Waals surface area contributed by atoms with Gasteiger partial charge in [0.1, 0.15) is 5.69 Å². The Bertz CT molecular complexity index is 1050. The summed E-state index contributed by atoms with van der Waals surface area (Å²) in [5.74, 6) is 1.85. The van der Waals surface area contributed by atoms with Gasteiger partial charge in [0.15, 0.2) is 0 Å². The number of anilines is 1. The molecule has 3 aromatic rings. The summed E-state index contributed by atoms with van der Waals surface area (Å²) in [4.78, 5) is 30.2. The fraction of sp³-hybridized carbons (Fsp3) is 0.238. The Labute approximate surface area is 178 Å². The number of aromatic nitrogens is 2. The zero-order valence-electron chi connectivity index (χ0n) is 16.2. The first kappa shape index (κ1) is 20.1. The first-order valence-electron chi connectivity index (χ1n) is 9.58. The van der Waals surface area contributed by atoms with E-state index >= 15 is 0 Å². The molecule has 154 valence electrons. The lowest BCUT2D eigenvalue weighted by Gasteiger charge is -2.27. The number of hydrogen-bond acceptors (Lipinski definition) is 6. The number of benzene rings is 2. The normalized spacial score (nSPS) is 14.4. The third-order valence-electron chi connectivity index (χ3n) is 4.98. The van der Waals surface area contributed by atoms with Crippen LogP contribution in [0.1, 0.15) is 15.9 Å². The lowest BCUT2D eigenvalue weighted by molar-refractivity contribution is -0.384. The van der Waals surface area contributed by atoms with Crippen LogP contribution in [0, 0.1) is 10.1 Å². The second kappa shape index (κ2) is 9.10. The maximum Gasteiger partial charge on any atom is 0.294 e. The second-order valence-electron chi connectivity index (χ2n) is 6.93. The molecule has 0 bridgehead atoms. The second-order valence-corrected chi connectivity index (χ2v) is 8.16. The van der Waals surface area contributed by atoms with Crippen LogP contribution in [0.5, 0.6) is 0 Å². The molecule has 1 aliphatic heterocycles. The SMILES string of the molecule is O=C(Nc1ccccc1CN1CCSCC1)c1ccc(-n2ccnc2)c([N+](=O)[O-])c1. The van der Waals surface area contributed by atoms with E-state index in [1.165, 1.54) is 12.4 Å². The number of para-hydroxylation sites is 1. The number of hydrogen-bond donors (Lipinski definition) is 1. The number of rotatable bonds is 6. The van der Waals surface area contributed by atoms with Gasteiger partial charge in [0.05, 0.1) is 11.3 Å². The van der Waals surface area contributed by atoms with Crippen molar-refractivity contribution < 1.29 is 9.72 Å². The summed E-state index contributed by atoms with van der Waals surface area (Å²) in [5, 5.41) is 14.5. The molecule has 1 N–H and O–H groups in total. The molecule has 0 atom stereocenters. The molecular formula is C21H21N5O3S. The van der Waals surface area contributed by atoms with Crippen LogP contribution in [-0.4, -0.2) is 49.9 Å². The standard InChI is InChI=1S/C21H21N5O3S/c27-21(16-5-6-19(20(13-16)26(28)29)25-8-7-22-15-25)23-18-4-2-1-3-17(18)14-24-9-11-30-12-10-24/h1-8,13,15H,9-12,14H2,(H,23,27). The fourth-order valence-corrected chi connectivity index (χ4v) is 4.38. The molecule has 0 unspecified atom stereocenters. The molecule has 0 saturated carbocycles. The van der Waals surface area contributed by atoms with E-state index in [2.05, 4.69) is 15.2 Å². The molecular weight excluding hydrogens is 402 g/mol. The number of thioether (sulfide) groups is 1. The van der Waals surface area contributed by atoms with Gasteiger partial charge in [-0.05, 0) is 23.8 Å². The van der Waals surface area contributed by atoms with Gasteiger partial charge in [-0.25, -0.2) is 4.98 Å². The fourth-order valence-electron chi connectivity index (χ4n) is 3.41. The summed E-state index contributed by atoms with van der Waals surface area (Å²) < 4.78 is 1.55. The number of amides is 1. The van der Waals surface area contributed by atoms with Crippen molar-refractivity contribution >= 4 is 29.0 Å². The van der Waals surface area contributed by atoms with Crippen LogP contribution in [0.2, 0.25) is 0 Å². The van der Waals surface area contributed by atoms with E-state index in [1.807, 2.05) is 36.0 Å². The van der Waals surface area contributed by atoms with Crippen molar-refractivity contribution in [2.24, 2.45) is 0 Å². The van der Waals surface area contributed by atoms with Crippen molar-refractivity contribution in [3.63, 3.8) is 0 Å². The monoisotopic (exact) mass is 423 g/mol. The summed E-state index contributed by atoms with van der Waals surface area (Å²) in [6.07, 6.45) is 4.65. The Morgan fingerprint density at radius 3 is 2.73 bits per heavy atom. The smallest absolute Gasteiger partial charge is 0.294 e. The molecule has 9 heteroatoms. The van der Waals surface area contributed by atoms with Gasteiger partial charge in [-0.3, -0.25) is 19.8 Å². The molecule has 1 saturated heterocycles. The van der Waals surface area contributed by atoms with Gasteiger partial charge in [0.2, 0.25) is 0 Å². The van der Waals surface area contributed by atoms with Crippen LogP contribution in [-0.2, 0) is 6.54 Å². The topological polar surface area (TPSA) is 93.3 Å². The van der Waals surface area contributed by atoms with Gasteiger partial charge in [-0.15, -0.1) is 0 Å². The Kier molecular flexibility index (Phi) is 6.10. The minimum atomic E-state index is -0.492. The Morgan fingerprint density at radius 2 is 2.00 bits per heavy atom. The van der Waals surface area contributed by atoms with Crippen molar-refractivity contribution in [1.29, 1.82) is 0 Å². The van der Waals surface area contributed by atoms with Gasteiger partial charge in [0, 0.05) is 60.9 Å². The summed E-state index contributed by atoms with van der Waals surface area (Å²) in [5.41, 5.74) is 2.19. The lowest BCUT2D eigenvalue weighted by atomic mass is 10.1. The third-order valence-corrected chi connectivity index (χ3v) is 5.92. The van der Waals surface area contributed by atoms with E-state index in [4.69, 9.17) is 0 Å². The maximum atomic E-state index is 12.9. The van der Waals surface area contributed by atoms with Crippen molar-refractivity contribution in [2.75, 3.05) is 29.9 Å². The molecule has 0 radical (unpaired) electrons. The maximum absolute atomic E-state index is 12.9. The Hall–Kier alpha value is -3.17. The van der Waals surface area contributed by atoms with Crippen LogP contribution in [0.4, 0.5) is 11.4 Å². The van der Waals surface area contributed by atoms with Gasteiger partial charge >= 0.3 is 0 Å². The first-order chi connectivity index (χ1) is 14.6. The molecule has 1 fully saturated rings. The average Bonchev–Trinajstić information content (AvgIpc) is 3.30. The predicted octanol–water partition coefficient (Wildman–Crippen LogP) is 3.58. The van der Waals surface area contributed by atoms with Crippen LogP contribution in [0.3, 0.4) is 0 Å². The quantitative estimate of drug-likeness (QED) is 0.481. The van der Waals surface area contributed by atoms with Crippen molar-refractivity contribution in [1.82, 2.24) is 14.5 Å². The molecule has 0 spiro atoms. The van der Waals surface area contributed by atoms with Gasteiger partial charge < -0.3 is 9.88 Å². The van der Waals surface area contributed by atoms with Crippen molar-refractivity contribution in [3.8, 4) is 5.69 Å². The Balaban J connectivity index is 1.56. The van der Waals surface area contributed by atoms with E-state index in [0.29, 0.717) is 5.69 Å². The van der Waals surface area contributed by atoms with E-state index < -0.39 is 4.92 Å². The largest absolute Gasteiger partial charge is 0.322 e. The van der Waals surface area contributed by atoms with E-state index in [1.54, 1.807) is 29.1 Å². The van der Waals surface area contributed by atoms with Crippen molar-refractivity contribution in [2.45, 2.75) is 6.54 Å². The number of carbonyl (C=O) groups is 1. The predicted molar refractivity (Wildman–Crippen MR) is 117 cm³/mol. The van der Waals surface area contributed by atoms with Gasteiger partial charge in [-0.2, -0.15) is 11.8 Å². The van der Waals surface area contributed by atoms with E-state index in [9.17, 15) is 14.9 Å². The van der Waals surface area contributed by atoms with Crippen LogP contribution >= 0.6 is 11.8 Å². The first-order valence-corrected chi connectivity index (χ1v) is 10.7. The molecule has 1 amide bonds. The highest BCUT2D eigenvalue weighted by atomic mass is 32.2. The average molecular weight is 423 g/mol. The van der Waals surface area contributed by atoms with Crippen molar-refractivity contribution in [3.05, 3.63) is 82.4 Å². The zero-order valence-corrected chi connectivity index (χ0v) is 17.0. The number of nitrogens with one attached hydrogen (secondary N) is 1. The summed E-state index contributed by atoms with van der Waals surface area (Å²) in [7, 11) is 0. The minimum Gasteiger partial charge on any atom is -0.322 e. The van der Waals surface area contributed by atoms with Crippen LogP contribution < -0.4 is 5.32 Å². The number of nitro benzene ring substituents is 1. The van der Waals surface area contributed by atoms with Gasteiger partial charge in [0.25, 0.3) is 11.6 Å². The van der Waals surface area contributed by atoms with Crippen LogP contribution in [0.25, 0.3) is 5.69 Å². The number of nitro groups is 1. The highest BCUT2D eigenvalue weighted by Crippen LogP contribution is 2.25. The zero-order chi connectivity index (χ0) is 20.9. The summed E-state index contributed by atoms with van der Waals surface area (Å²) in [6, 6.07) is 12.1. The third kappa shape index (κ3) is 4.52. The molecule has 4 rings (SSSR count). The number of carbonyl (C=O) groups excluding carboxylic acids is 1. The molecule has 1 aromatic heterocycles. The molecule has 0 aliphatic carbocycles. The molecule has 8 nitrogen and oxygen atoms in total. The van der Waals surface area contributed by atoms with E-state index in [-0.39, 0.29) is 17.2 Å². The minimum absolute atomic E-state index is 0.153. The van der Waals surface area contributed by atoms with Crippen LogP contribution in [0.15, 0.2) is 61.2 Å². The number of imidazole rings is 1. The molecule has 2 aromatic carbocycles. The molecule has 1 aliphatic rings. The number of nitrogens with zero attached hydrogens (tertiary/aromatic N) is 4. The molecule has 2 heterocycles. The molecule has 30 heavy (non-hydrogen) atoms. The van der Waals surface area contributed by atoms with Gasteiger partial charge in [-0.1, -0.05) is 18.2 Å². The lowest BCUT2D eigenvalue weighted by Crippen LogP contribution is -2.32. The highest BCUT2D eigenvalue weighted by molar-refractivity contribution is 7.99. The van der Waals surface area contributed by atoms with E-state index in [0.717, 1.165) is 42.4 Å².